The number of piperidine rings is 1. The quantitative estimate of drug-likeness (QED) is 0.743. The summed E-state index contributed by atoms with van der Waals surface area (Å²) in [6.45, 7) is 1.37. The molecule has 1 aromatic carbocycles. The van der Waals surface area contributed by atoms with Crippen molar-refractivity contribution in [1.29, 1.82) is 0 Å². The van der Waals surface area contributed by atoms with E-state index in [-0.39, 0.29) is 35.2 Å². The maximum Gasteiger partial charge on any atom is 0.306 e. The highest BCUT2D eigenvalue weighted by Crippen LogP contribution is 2.66. The first kappa shape index (κ1) is 21.1. The van der Waals surface area contributed by atoms with Gasteiger partial charge < -0.3 is 14.7 Å². The Balaban J connectivity index is 1.28. The van der Waals surface area contributed by atoms with Gasteiger partial charge in [0.05, 0.1) is 18.2 Å². The zero-order valence-electron chi connectivity index (χ0n) is 18.3. The SMILES string of the molecule is COC1CC(C2CC23CCN(C(=O)c2cn[nH]n2)CC3)C(C(=O)O)C[C@@H]1c1ccccc1. The van der Waals surface area contributed by atoms with Gasteiger partial charge in [0.2, 0.25) is 0 Å². The smallest absolute Gasteiger partial charge is 0.306 e. The number of nitrogens with one attached hydrogen (secondary N) is 1. The van der Waals surface area contributed by atoms with Crippen LogP contribution in [-0.2, 0) is 9.53 Å². The van der Waals surface area contributed by atoms with Gasteiger partial charge in [0.15, 0.2) is 5.69 Å². The first-order valence-electron chi connectivity index (χ1n) is 11.5. The van der Waals surface area contributed by atoms with Gasteiger partial charge >= 0.3 is 5.97 Å². The number of aliphatic carboxylic acids is 1. The summed E-state index contributed by atoms with van der Waals surface area (Å²) in [7, 11) is 1.75. The minimum Gasteiger partial charge on any atom is -0.481 e. The Bertz CT molecular complexity index is 956. The number of carboxylic acids is 1. The Morgan fingerprint density at radius 1 is 1.19 bits per heavy atom. The summed E-state index contributed by atoms with van der Waals surface area (Å²) in [5.41, 5.74) is 1.67. The summed E-state index contributed by atoms with van der Waals surface area (Å²) >= 11 is 0. The third-order valence-corrected chi connectivity index (χ3v) is 8.28. The molecule has 3 aliphatic rings. The number of carboxylic acid groups (broad SMARTS) is 1. The van der Waals surface area contributed by atoms with E-state index in [0.717, 1.165) is 31.2 Å². The number of amides is 1. The van der Waals surface area contributed by atoms with Gasteiger partial charge in [0.1, 0.15) is 0 Å². The molecule has 1 aromatic heterocycles. The molecule has 4 unspecified atom stereocenters. The highest BCUT2D eigenvalue weighted by atomic mass is 16.5. The van der Waals surface area contributed by atoms with Gasteiger partial charge in [-0.2, -0.15) is 15.4 Å². The molecule has 0 radical (unpaired) electrons. The van der Waals surface area contributed by atoms with Crippen molar-refractivity contribution in [3.05, 3.63) is 47.8 Å². The van der Waals surface area contributed by atoms with Crippen molar-refractivity contribution in [1.82, 2.24) is 20.3 Å². The fourth-order valence-corrected chi connectivity index (χ4v) is 6.42. The standard InChI is InChI=1S/C24H30N4O4/c1-32-21-12-17(18(23(30)31)11-16(21)15-5-3-2-4-6-15)19-13-24(19)7-9-28(10-8-24)22(29)20-14-25-27-26-20/h2-6,14,16-19,21H,7-13H2,1H3,(H,30,31)(H,25,26,27)/t16-,17?,18?,19?,21?/m1/s1. The lowest BCUT2D eigenvalue weighted by atomic mass is 9.67. The fraction of sp³-hybridized carbons (Fsp3) is 0.583. The van der Waals surface area contributed by atoms with Crippen LogP contribution in [0.15, 0.2) is 36.5 Å². The second kappa shape index (κ2) is 8.31. The number of rotatable bonds is 5. The minimum absolute atomic E-state index is 0.0319. The van der Waals surface area contributed by atoms with E-state index in [2.05, 4.69) is 27.5 Å². The third-order valence-electron chi connectivity index (χ3n) is 8.28. The van der Waals surface area contributed by atoms with Gasteiger partial charge in [-0.15, -0.1) is 0 Å². The molecule has 2 aliphatic carbocycles. The summed E-state index contributed by atoms with van der Waals surface area (Å²) in [5.74, 6) is -0.512. The highest BCUT2D eigenvalue weighted by Gasteiger charge is 2.61. The van der Waals surface area contributed by atoms with E-state index < -0.39 is 5.97 Å². The lowest BCUT2D eigenvalue weighted by Crippen LogP contribution is -2.43. The average molecular weight is 439 g/mol. The summed E-state index contributed by atoms with van der Waals surface area (Å²) in [6, 6.07) is 10.2. The second-order valence-electron chi connectivity index (χ2n) is 9.69. The molecule has 2 saturated carbocycles. The van der Waals surface area contributed by atoms with E-state index in [9.17, 15) is 14.7 Å². The molecule has 1 amide bonds. The number of carbonyl (C=O) groups is 2. The molecule has 8 heteroatoms. The van der Waals surface area contributed by atoms with Crippen LogP contribution in [0.3, 0.4) is 0 Å². The molecule has 2 aromatic rings. The Morgan fingerprint density at radius 2 is 1.94 bits per heavy atom. The molecule has 5 rings (SSSR count). The van der Waals surface area contributed by atoms with Crippen molar-refractivity contribution >= 4 is 11.9 Å². The van der Waals surface area contributed by atoms with Gasteiger partial charge in [0, 0.05) is 26.1 Å². The molecular weight excluding hydrogens is 408 g/mol. The Kier molecular flexibility index (Phi) is 5.49. The Morgan fingerprint density at radius 3 is 2.56 bits per heavy atom. The number of ether oxygens (including phenoxy) is 1. The van der Waals surface area contributed by atoms with Crippen LogP contribution in [0.5, 0.6) is 0 Å². The number of methoxy groups -OCH3 is 1. The molecular formula is C24H30N4O4. The van der Waals surface area contributed by atoms with E-state index in [1.165, 1.54) is 6.20 Å². The van der Waals surface area contributed by atoms with Crippen molar-refractivity contribution in [2.24, 2.45) is 23.2 Å². The van der Waals surface area contributed by atoms with E-state index >= 15 is 0 Å². The number of hydrogen-bond donors (Lipinski definition) is 2. The topological polar surface area (TPSA) is 108 Å². The van der Waals surface area contributed by atoms with Crippen molar-refractivity contribution in [3.8, 4) is 0 Å². The number of aromatic amines is 1. The predicted molar refractivity (Wildman–Crippen MR) is 116 cm³/mol. The molecule has 32 heavy (non-hydrogen) atoms. The van der Waals surface area contributed by atoms with Crippen molar-refractivity contribution in [2.75, 3.05) is 20.2 Å². The van der Waals surface area contributed by atoms with Gasteiger partial charge in [-0.3, -0.25) is 9.59 Å². The first-order chi connectivity index (χ1) is 15.5. The summed E-state index contributed by atoms with van der Waals surface area (Å²) in [4.78, 5) is 26.7. The highest BCUT2D eigenvalue weighted by molar-refractivity contribution is 5.91. The number of H-pyrrole nitrogens is 1. The van der Waals surface area contributed by atoms with Gasteiger partial charge in [-0.1, -0.05) is 30.3 Å². The maximum absolute atomic E-state index is 12.6. The van der Waals surface area contributed by atoms with E-state index in [1.54, 1.807) is 7.11 Å². The normalized spacial score (nSPS) is 31.4. The molecule has 3 fully saturated rings. The van der Waals surface area contributed by atoms with Crippen LogP contribution in [0.2, 0.25) is 0 Å². The minimum atomic E-state index is -0.689. The molecule has 1 saturated heterocycles. The zero-order chi connectivity index (χ0) is 22.3. The molecule has 2 heterocycles. The van der Waals surface area contributed by atoms with Crippen molar-refractivity contribution in [2.45, 2.75) is 44.1 Å². The predicted octanol–water partition coefficient (Wildman–Crippen LogP) is 2.96. The molecule has 2 N–H and O–H groups in total. The maximum atomic E-state index is 12.6. The van der Waals surface area contributed by atoms with Crippen molar-refractivity contribution in [3.63, 3.8) is 0 Å². The lowest BCUT2D eigenvalue weighted by Gasteiger charge is -2.41. The summed E-state index contributed by atoms with van der Waals surface area (Å²) < 4.78 is 5.90. The number of nitrogens with zero attached hydrogens (tertiary/aromatic N) is 3. The van der Waals surface area contributed by atoms with Crippen LogP contribution < -0.4 is 0 Å². The summed E-state index contributed by atoms with van der Waals surface area (Å²) in [6.07, 6.45) is 5.78. The third kappa shape index (κ3) is 3.70. The Hall–Kier alpha value is -2.74. The molecule has 0 bridgehead atoms. The van der Waals surface area contributed by atoms with Crippen molar-refractivity contribution < 1.29 is 19.4 Å². The number of likely N-dealkylation sites (tertiary alicyclic amines) is 1. The zero-order valence-corrected chi connectivity index (χ0v) is 18.3. The second-order valence-corrected chi connectivity index (χ2v) is 9.69. The van der Waals surface area contributed by atoms with Crippen LogP contribution >= 0.6 is 0 Å². The molecule has 1 aliphatic heterocycles. The van der Waals surface area contributed by atoms with E-state index in [4.69, 9.17) is 4.74 Å². The monoisotopic (exact) mass is 438 g/mol. The lowest BCUT2D eigenvalue weighted by molar-refractivity contribution is -0.148. The molecule has 170 valence electrons. The summed E-state index contributed by atoms with van der Waals surface area (Å²) in [5, 5.41) is 20.2. The largest absolute Gasteiger partial charge is 0.481 e. The number of carbonyl (C=O) groups excluding carboxylic acids is 1. The number of hydrogen-bond acceptors (Lipinski definition) is 5. The van der Waals surface area contributed by atoms with Gasteiger partial charge in [-0.05, 0) is 54.9 Å². The van der Waals surface area contributed by atoms with Crippen LogP contribution in [0.25, 0.3) is 0 Å². The van der Waals surface area contributed by atoms with Crippen LogP contribution in [0, 0.1) is 23.2 Å². The van der Waals surface area contributed by atoms with Crippen LogP contribution in [-0.4, -0.2) is 63.6 Å². The molecule has 5 atom stereocenters. The number of benzene rings is 1. The average Bonchev–Trinajstić information content (AvgIpc) is 3.24. The van der Waals surface area contributed by atoms with Gasteiger partial charge in [-0.25, -0.2) is 0 Å². The van der Waals surface area contributed by atoms with E-state index in [1.807, 2.05) is 23.1 Å². The number of aromatic nitrogens is 3. The van der Waals surface area contributed by atoms with Crippen LogP contribution in [0.4, 0.5) is 0 Å². The van der Waals surface area contributed by atoms with Gasteiger partial charge in [0.25, 0.3) is 5.91 Å². The Labute approximate surface area is 187 Å². The van der Waals surface area contributed by atoms with Crippen LogP contribution in [0.1, 0.15) is 54.1 Å². The molecule has 8 nitrogen and oxygen atoms in total. The first-order valence-corrected chi connectivity index (χ1v) is 11.5. The van der Waals surface area contributed by atoms with E-state index in [0.29, 0.717) is 31.1 Å². The molecule has 1 spiro atoms. The fourth-order valence-electron chi connectivity index (χ4n) is 6.42.